The Bertz CT molecular complexity index is 496. The van der Waals surface area contributed by atoms with Crippen molar-refractivity contribution in [2.75, 3.05) is 6.61 Å². The highest BCUT2D eigenvalue weighted by molar-refractivity contribution is 5.32. The van der Waals surface area contributed by atoms with E-state index in [9.17, 15) is 5.26 Å². The first-order valence-electron chi connectivity index (χ1n) is 7.97. The van der Waals surface area contributed by atoms with Gasteiger partial charge in [-0.25, -0.2) is 0 Å². The molecular formula is C18H26N2O. The van der Waals surface area contributed by atoms with Crippen molar-refractivity contribution >= 4 is 0 Å². The zero-order valence-electron chi connectivity index (χ0n) is 13.4. The molecule has 0 aromatic heterocycles. The van der Waals surface area contributed by atoms with Crippen LogP contribution < -0.4 is 10.1 Å². The molecule has 1 aromatic rings. The highest BCUT2D eigenvalue weighted by Gasteiger charge is 2.34. The first kappa shape index (κ1) is 15.9. The van der Waals surface area contributed by atoms with Crippen LogP contribution in [0.1, 0.15) is 50.2 Å². The van der Waals surface area contributed by atoms with E-state index in [1.165, 1.54) is 24.0 Å². The van der Waals surface area contributed by atoms with Gasteiger partial charge in [-0.2, -0.15) is 5.26 Å². The molecule has 1 aliphatic rings. The van der Waals surface area contributed by atoms with Gasteiger partial charge in [0.25, 0.3) is 0 Å². The van der Waals surface area contributed by atoms with Gasteiger partial charge in [0.2, 0.25) is 0 Å². The van der Waals surface area contributed by atoms with Crippen LogP contribution in [0, 0.1) is 25.2 Å². The molecule has 1 saturated carbocycles. The maximum Gasteiger partial charge on any atom is 0.119 e. The van der Waals surface area contributed by atoms with Crippen LogP contribution in [-0.2, 0) is 0 Å². The van der Waals surface area contributed by atoms with Gasteiger partial charge in [-0.05, 0) is 69.2 Å². The van der Waals surface area contributed by atoms with Crippen molar-refractivity contribution in [2.24, 2.45) is 0 Å². The molecule has 21 heavy (non-hydrogen) atoms. The Labute approximate surface area is 128 Å². The lowest BCUT2D eigenvalue weighted by Gasteiger charge is -2.26. The monoisotopic (exact) mass is 286 g/mol. The zero-order chi connectivity index (χ0) is 15.3. The Kier molecular flexibility index (Phi) is 5.25. The van der Waals surface area contributed by atoms with Crippen molar-refractivity contribution in [3.8, 4) is 11.8 Å². The maximum absolute atomic E-state index is 9.49. The summed E-state index contributed by atoms with van der Waals surface area (Å²) >= 11 is 0. The quantitative estimate of drug-likeness (QED) is 0.737. The van der Waals surface area contributed by atoms with E-state index in [1.54, 1.807) is 0 Å². The van der Waals surface area contributed by atoms with Crippen LogP contribution in [0.25, 0.3) is 0 Å². The Morgan fingerprint density at radius 2 is 1.95 bits per heavy atom. The fourth-order valence-electron chi connectivity index (χ4n) is 2.72. The molecule has 0 aliphatic heterocycles. The first-order chi connectivity index (χ1) is 10.1. The number of ether oxygens (including phenoxy) is 1. The molecule has 1 atom stereocenters. The van der Waals surface area contributed by atoms with E-state index >= 15 is 0 Å². The minimum Gasteiger partial charge on any atom is -0.494 e. The number of nitrogens with zero attached hydrogens (tertiary/aromatic N) is 1. The van der Waals surface area contributed by atoms with E-state index in [1.807, 2.05) is 0 Å². The summed E-state index contributed by atoms with van der Waals surface area (Å²) in [6.45, 7) is 6.91. The molecule has 0 bridgehead atoms. The number of aryl methyl sites for hydroxylation is 2. The fourth-order valence-corrected chi connectivity index (χ4v) is 2.72. The molecule has 0 heterocycles. The maximum atomic E-state index is 9.49. The number of nitriles is 1. The average molecular weight is 286 g/mol. The minimum atomic E-state index is -0.368. The lowest BCUT2D eigenvalue weighted by atomic mass is 9.92. The van der Waals surface area contributed by atoms with Gasteiger partial charge in [0.1, 0.15) is 11.3 Å². The van der Waals surface area contributed by atoms with E-state index < -0.39 is 0 Å². The van der Waals surface area contributed by atoms with E-state index in [-0.39, 0.29) is 5.54 Å². The minimum absolute atomic E-state index is 0.368. The van der Waals surface area contributed by atoms with Gasteiger partial charge < -0.3 is 4.74 Å². The van der Waals surface area contributed by atoms with Crippen molar-refractivity contribution in [3.63, 3.8) is 0 Å². The molecule has 3 heteroatoms. The van der Waals surface area contributed by atoms with E-state index in [2.05, 4.69) is 50.4 Å². The van der Waals surface area contributed by atoms with Crippen LogP contribution in [0.5, 0.6) is 5.75 Å². The average Bonchev–Trinajstić information content (AvgIpc) is 3.25. The van der Waals surface area contributed by atoms with Crippen LogP contribution >= 0.6 is 0 Å². The summed E-state index contributed by atoms with van der Waals surface area (Å²) in [5.74, 6) is 0.932. The smallest absolute Gasteiger partial charge is 0.119 e. The highest BCUT2D eigenvalue weighted by atomic mass is 16.5. The van der Waals surface area contributed by atoms with E-state index in [0.717, 1.165) is 25.0 Å². The molecule has 0 amide bonds. The second-order valence-corrected chi connectivity index (χ2v) is 6.24. The van der Waals surface area contributed by atoms with E-state index in [4.69, 9.17) is 4.74 Å². The predicted octanol–water partition coefficient (Wildman–Crippen LogP) is 3.89. The number of benzene rings is 1. The Morgan fingerprint density at radius 3 is 2.48 bits per heavy atom. The second kappa shape index (κ2) is 6.95. The van der Waals surface area contributed by atoms with Gasteiger partial charge in [-0.3, -0.25) is 5.32 Å². The van der Waals surface area contributed by atoms with Gasteiger partial charge in [-0.1, -0.05) is 13.0 Å². The molecule has 0 radical (unpaired) electrons. The summed E-state index contributed by atoms with van der Waals surface area (Å²) in [5.41, 5.74) is 2.08. The third kappa shape index (κ3) is 4.75. The molecule has 1 N–H and O–H groups in total. The van der Waals surface area contributed by atoms with Crippen LogP contribution in [0.15, 0.2) is 18.2 Å². The van der Waals surface area contributed by atoms with Crippen LogP contribution in [-0.4, -0.2) is 18.2 Å². The van der Waals surface area contributed by atoms with Crippen molar-refractivity contribution in [2.45, 2.75) is 64.5 Å². The third-order valence-corrected chi connectivity index (χ3v) is 4.09. The number of hydrogen-bond acceptors (Lipinski definition) is 3. The SMILES string of the molecule is CCC(C#N)(CCCOc1cc(C)cc(C)c1)NC1CC1. The van der Waals surface area contributed by atoms with Crippen molar-refractivity contribution in [3.05, 3.63) is 29.3 Å². The Balaban J connectivity index is 1.80. The van der Waals surface area contributed by atoms with Crippen LogP contribution in [0.4, 0.5) is 0 Å². The van der Waals surface area contributed by atoms with Gasteiger partial charge in [-0.15, -0.1) is 0 Å². The normalized spacial score (nSPS) is 17.0. The van der Waals surface area contributed by atoms with Gasteiger partial charge >= 0.3 is 0 Å². The molecule has 114 valence electrons. The topological polar surface area (TPSA) is 45.0 Å². The van der Waals surface area contributed by atoms with Crippen LogP contribution in [0.2, 0.25) is 0 Å². The summed E-state index contributed by atoms with van der Waals surface area (Å²) < 4.78 is 5.84. The molecule has 1 aromatic carbocycles. The van der Waals surface area contributed by atoms with Gasteiger partial charge in [0, 0.05) is 6.04 Å². The van der Waals surface area contributed by atoms with Gasteiger partial charge in [0.05, 0.1) is 12.7 Å². The largest absolute Gasteiger partial charge is 0.494 e. The zero-order valence-corrected chi connectivity index (χ0v) is 13.4. The molecular weight excluding hydrogens is 260 g/mol. The number of rotatable bonds is 8. The Hall–Kier alpha value is -1.53. The molecule has 0 spiro atoms. The fraction of sp³-hybridized carbons (Fsp3) is 0.611. The summed E-state index contributed by atoms with van der Waals surface area (Å²) in [5, 5.41) is 13.0. The lowest BCUT2D eigenvalue weighted by molar-refractivity contribution is 0.275. The summed E-state index contributed by atoms with van der Waals surface area (Å²) in [6, 6.07) is 9.31. The number of nitrogens with one attached hydrogen (secondary N) is 1. The molecule has 2 rings (SSSR count). The third-order valence-electron chi connectivity index (χ3n) is 4.09. The summed E-state index contributed by atoms with van der Waals surface area (Å²) in [4.78, 5) is 0. The summed E-state index contributed by atoms with van der Waals surface area (Å²) in [7, 11) is 0. The lowest BCUT2D eigenvalue weighted by Crippen LogP contribution is -2.44. The molecule has 1 fully saturated rings. The van der Waals surface area contributed by atoms with Crippen molar-refractivity contribution in [1.29, 1.82) is 5.26 Å². The highest BCUT2D eigenvalue weighted by Crippen LogP contribution is 2.26. The molecule has 3 nitrogen and oxygen atoms in total. The molecule has 0 saturated heterocycles. The van der Waals surface area contributed by atoms with Crippen molar-refractivity contribution < 1.29 is 4.74 Å². The Morgan fingerprint density at radius 1 is 1.29 bits per heavy atom. The molecule has 1 aliphatic carbocycles. The van der Waals surface area contributed by atoms with Crippen molar-refractivity contribution in [1.82, 2.24) is 5.32 Å². The number of hydrogen-bond donors (Lipinski definition) is 1. The molecule has 1 unspecified atom stereocenters. The second-order valence-electron chi connectivity index (χ2n) is 6.24. The summed E-state index contributed by atoms with van der Waals surface area (Å²) in [6.07, 6.45) is 5.02. The first-order valence-corrected chi connectivity index (χ1v) is 7.97. The predicted molar refractivity (Wildman–Crippen MR) is 85.4 cm³/mol. The van der Waals surface area contributed by atoms with E-state index in [0.29, 0.717) is 12.6 Å². The standard InChI is InChI=1S/C18H26N2O/c1-4-18(13-19,20-16-6-7-16)8-5-9-21-17-11-14(2)10-15(3)12-17/h10-12,16,20H,4-9H2,1-3H3. The van der Waals surface area contributed by atoms with Crippen LogP contribution in [0.3, 0.4) is 0 Å². The van der Waals surface area contributed by atoms with Gasteiger partial charge in [0.15, 0.2) is 0 Å².